The molecule has 102 valence electrons. The maximum atomic E-state index is 9.31. The number of hydrazone groups is 1. The second-order valence-corrected chi connectivity index (χ2v) is 5.50. The molecule has 20 heavy (non-hydrogen) atoms. The minimum Gasteiger partial charge on any atom is -0.508 e. The van der Waals surface area contributed by atoms with Gasteiger partial charge < -0.3 is 10.5 Å². The predicted octanol–water partition coefficient (Wildman–Crippen LogP) is 4.14. The number of nitrogens with one attached hydrogen (secondary N) is 1. The van der Waals surface area contributed by atoms with Crippen LogP contribution in [0, 0.1) is 0 Å². The summed E-state index contributed by atoms with van der Waals surface area (Å²) in [5.41, 5.74) is 6.01. The minimum atomic E-state index is 0.0450. The van der Waals surface area contributed by atoms with E-state index in [-0.39, 0.29) is 11.8 Å². The van der Waals surface area contributed by atoms with Crippen LogP contribution in [0.25, 0.3) is 0 Å². The molecule has 5 heteroatoms. The van der Waals surface area contributed by atoms with Gasteiger partial charge in [-0.05, 0) is 47.5 Å². The molecule has 2 aromatic carbocycles. The Hall–Kier alpha value is -1.71. The fraction of sp³-hybridized carbons (Fsp3) is 0.133. The van der Waals surface area contributed by atoms with Gasteiger partial charge in [-0.1, -0.05) is 29.3 Å². The van der Waals surface area contributed by atoms with Crippen LogP contribution >= 0.6 is 23.2 Å². The number of rotatable bonds is 2. The van der Waals surface area contributed by atoms with Crippen LogP contribution < -0.4 is 5.43 Å². The van der Waals surface area contributed by atoms with E-state index >= 15 is 0 Å². The van der Waals surface area contributed by atoms with Crippen molar-refractivity contribution in [3.05, 3.63) is 63.6 Å². The van der Waals surface area contributed by atoms with Crippen molar-refractivity contribution in [3.63, 3.8) is 0 Å². The summed E-state index contributed by atoms with van der Waals surface area (Å²) in [4.78, 5) is 0. The molecule has 0 saturated heterocycles. The highest BCUT2D eigenvalue weighted by atomic mass is 35.5. The first-order chi connectivity index (χ1) is 9.63. The Morgan fingerprint density at radius 2 is 1.85 bits per heavy atom. The SMILES string of the molecule is Oc1ccc(C2=NNC(c3ccc(Cl)cc3Cl)C2)cc1. The van der Waals surface area contributed by atoms with Crippen LogP contribution in [0.15, 0.2) is 47.6 Å². The van der Waals surface area contributed by atoms with E-state index in [2.05, 4.69) is 10.5 Å². The van der Waals surface area contributed by atoms with Crippen molar-refractivity contribution in [2.24, 2.45) is 5.10 Å². The number of phenols is 1. The number of phenolic OH excluding ortho intramolecular Hbond substituents is 1. The van der Waals surface area contributed by atoms with Gasteiger partial charge >= 0.3 is 0 Å². The first-order valence-corrected chi connectivity index (χ1v) is 6.95. The highest BCUT2D eigenvalue weighted by Gasteiger charge is 2.23. The van der Waals surface area contributed by atoms with Crippen molar-refractivity contribution in [3.8, 4) is 5.75 Å². The van der Waals surface area contributed by atoms with Crippen LogP contribution in [0.2, 0.25) is 10.0 Å². The number of aromatic hydroxyl groups is 1. The Labute approximate surface area is 126 Å². The van der Waals surface area contributed by atoms with Gasteiger partial charge in [-0.2, -0.15) is 5.10 Å². The molecule has 3 rings (SSSR count). The molecular formula is C15H12Cl2N2O. The Morgan fingerprint density at radius 3 is 2.55 bits per heavy atom. The van der Waals surface area contributed by atoms with Crippen LogP contribution in [0.5, 0.6) is 5.75 Å². The van der Waals surface area contributed by atoms with Gasteiger partial charge in [0.1, 0.15) is 5.75 Å². The van der Waals surface area contributed by atoms with E-state index in [4.69, 9.17) is 23.2 Å². The van der Waals surface area contributed by atoms with E-state index in [1.54, 1.807) is 18.2 Å². The zero-order chi connectivity index (χ0) is 14.1. The average Bonchev–Trinajstić information content (AvgIpc) is 2.89. The van der Waals surface area contributed by atoms with Crippen molar-refractivity contribution >= 4 is 28.9 Å². The first-order valence-electron chi connectivity index (χ1n) is 6.20. The van der Waals surface area contributed by atoms with Crippen LogP contribution in [0.3, 0.4) is 0 Å². The largest absolute Gasteiger partial charge is 0.508 e. The lowest BCUT2D eigenvalue weighted by Gasteiger charge is -2.12. The molecule has 3 nitrogen and oxygen atoms in total. The molecule has 0 aliphatic carbocycles. The molecule has 1 heterocycles. The van der Waals surface area contributed by atoms with Gasteiger partial charge in [-0.15, -0.1) is 0 Å². The predicted molar refractivity (Wildman–Crippen MR) is 81.6 cm³/mol. The van der Waals surface area contributed by atoms with Gasteiger partial charge in [0.25, 0.3) is 0 Å². The molecule has 0 spiro atoms. The normalized spacial score (nSPS) is 17.7. The summed E-state index contributed by atoms with van der Waals surface area (Å²) < 4.78 is 0. The van der Waals surface area contributed by atoms with E-state index in [9.17, 15) is 5.11 Å². The second-order valence-electron chi connectivity index (χ2n) is 4.66. The molecule has 2 aromatic rings. The van der Waals surface area contributed by atoms with Gasteiger partial charge in [0.05, 0.1) is 11.8 Å². The summed E-state index contributed by atoms with van der Waals surface area (Å²) in [5, 5.41) is 14.9. The minimum absolute atomic E-state index is 0.0450. The number of hydrogen-bond donors (Lipinski definition) is 2. The fourth-order valence-corrected chi connectivity index (χ4v) is 2.78. The maximum Gasteiger partial charge on any atom is 0.115 e. The van der Waals surface area contributed by atoms with Crippen molar-refractivity contribution in [2.75, 3.05) is 0 Å². The third-order valence-corrected chi connectivity index (χ3v) is 3.85. The van der Waals surface area contributed by atoms with Crippen LogP contribution in [-0.4, -0.2) is 10.8 Å². The van der Waals surface area contributed by atoms with Crippen LogP contribution in [0.1, 0.15) is 23.6 Å². The molecule has 1 unspecified atom stereocenters. The fourth-order valence-electron chi connectivity index (χ4n) is 2.24. The van der Waals surface area contributed by atoms with Gasteiger partial charge in [-0.25, -0.2) is 0 Å². The van der Waals surface area contributed by atoms with Crippen LogP contribution in [0.4, 0.5) is 0 Å². The van der Waals surface area contributed by atoms with Crippen molar-refractivity contribution in [1.29, 1.82) is 0 Å². The molecule has 1 aliphatic heterocycles. The summed E-state index contributed by atoms with van der Waals surface area (Å²) >= 11 is 12.1. The van der Waals surface area contributed by atoms with Gasteiger partial charge in [0, 0.05) is 16.5 Å². The third kappa shape index (κ3) is 2.60. The van der Waals surface area contributed by atoms with E-state index in [1.165, 1.54) is 0 Å². The summed E-state index contributed by atoms with van der Waals surface area (Å²) in [5.74, 6) is 0.248. The van der Waals surface area contributed by atoms with Gasteiger partial charge in [0.15, 0.2) is 0 Å². The quantitative estimate of drug-likeness (QED) is 0.876. The average molecular weight is 307 g/mol. The standard InChI is InChI=1S/C15H12Cl2N2O/c16-10-3-6-12(13(17)7-10)15-8-14(18-19-15)9-1-4-11(20)5-2-9/h1-7,15,19-20H,8H2. The Morgan fingerprint density at radius 1 is 1.10 bits per heavy atom. The molecule has 0 amide bonds. The number of benzene rings is 2. The van der Waals surface area contributed by atoms with E-state index in [0.717, 1.165) is 23.3 Å². The lowest BCUT2D eigenvalue weighted by molar-refractivity contribution is 0.475. The van der Waals surface area contributed by atoms with E-state index in [0.29, 0.717) is 10.0 Å². The Bertz CT molecular complexity index is 668. The second kappa shape index (κ2) is 5.35. The van der Waals surface area contributed by atoms with Crippen molar-refractivity contribution < 1.29 is 5.11 Å². The molecule has 1 atom stereocenters. The van der Waals surface area contributed by atoms with E-state index < -0.39 is 0 Å². The third-order valence-electron chi connectivity index (χ3n) is 3.29. The Balaban J connectivity index is 1.80. The summed E-state index contributed by atoms with van der Waals surface area (Å²) in [7, 11) is 0. The number of hydrogen-bond acceptors (Lipinski definition) is 3. The molecule has 1 aliphatic rings. The zero-order valence-electron chi connectivity index (χ0n) is 10.5. The Kier molecular flexibility index (Phi) is 3.55. The maximum absolute atomic E-state index is 9.31. The number of nitrogens with zero attached hydrogens (tertiary/aromatic N) is 1. The van der Waals surface area contributed by atoms with Crippen molar-refractivity contribution in [2.45, 2.75) is 12.5 Å². The smallest absolute Gasteiger partial charge is 0.115 e. The van der Waals surface area contributed by atoms with E-state index in [1.807, 2.05) is 24.3 Å². The molecule has 0 bridgehead atoms. The molecule has 0 aromatic heterocycles. The first kappa shape index (κ1) is 13.3. The molecule has 2 N–H and O–H groups in total. The van der Waals surface area contributed by atoms with Crippen LogP contribution in [-0.2, 0) is 0 Å². The molecular weight excluding hydrogens is 295 g/mol. The van der Waals surface area contributed by atoms with Gasteiger partial charge in [0.2, 0.25) is 0 Å². The lowest BCUT2D eigenvalue weighted by Crippen LogP contribution is -2.10. The summed E-state index contributed by atoms with van der Waals surface area (Å²) in [6.45, 7) is 0. The monoisotopic (exact) mass is 306 g/mol. The summed E-state index contributed by atoms with van der Waals surface area (Å²) in [6, 6.07) is 12.5. The highest BCUT2D eigenvalue weighted by molar-refractivity contribution is 6.35. The molecule has 0 fully saturated rings. The molecule has 0 saturated carbocycles. The topological polar surface area (TPSA) is 44.6 Å². The molecule has 0 radical (unpaired) electrons. The van der Waals surface area contributed by atoms with Gasteiger partial charge in [-0.3, -0.25) is 0 Å². The van der Waals surface area contributed by atoms with Crippen molar-refractivity contribution in [1.82, 2.24) is 5.43 Å². The lowest BCUT2D eigenvalue weighted by atomic mass is 9.99. The summed E-state index contributed by atoms with van der Waals surface area (Å²) in [6.07, 6.45) is 0.742. The highest BCUT2D eigenvalue weighted by Crippen LogP contribution is 2.31. The zero-order valence-corrected chi connectivity index (χ0v) is 12.0. The number of halogens is 2.